The maximum Gasteiger partial charge on any atom is 0.0960 e. The van der Waals surface area contributed by atoms with E-state index in [-0.39, 0.29) is 0 Å². The van der Waals surface area contributed by atoms with Crippen molar-refractivity contribution in [2.24, 2.45) is 0 Å². The molecule has 1 atom stereocenters. The Kier molecular flexibility index (Phi) is 2.99. The number of hydrogen-bond donors (Lipinski definition) is 0. The minimum absolute atomic E-state index is 0.472. The van der Waals surface area contributed by atoms with Crippen LogP contribution in [-0.2, 0) is 0 Å². The highest BCUT2D eigenvalue weighted by atomic mass is 15.1. The monoisotopic (exact) mass is 216 g/mol. The second-order valence-electron chi connectivity index (χ2n) is 4.80. The molecule has 0 saturated heterocycles. The third kappa shape index (κ3) is 1.84. The van der Waals surface area contributed by atoms with Gasteiger partial charge in [0.2, 0.25) is 0 Å². The van der Waals surface area contributed by atoms with Crippen LogP contribution in [0.1, 0.15) is 51.6 Å². The second kappa shape index (κ2) is 4.28. The molecule has 0 aliphatic carbocycles. The summed E-state index contributed by atoms with van der Waals surface area (Å²) in [6.45, 7) is 8.86. The second-order valence-corrected chi connectivity index (χ2v) is 4.80. The number of nitrogens with zero attached hydrogens (tertiary/aromatic N) is 2. The molecule has 2 heteroatoms. The van der Waals surface area contributed by atoms with Gasteiger partial charge in [-0.2, -0.15) is 0 Å². The van der Waals surface area contributed by atoms with Crippen LogP contribution in [0.5, 0.6) is 0 Å². The smallest absolute Gasteiger partial charge is 0.0960 e. The molecule has 0 aliphatic rings. The van der Waals surface area contributed by atoms with Crippen molar-refractivity contribution in [1.82, 2.24) is 9.55 Å². The van der Waals surface area contributed by atoms with Gasteiger partial charge in [0.15, 0.2) is 0 Å². The van der Waals surface area contributed by atoms with E-state index in [2.05, 4.69) is 55.4 Å². The maximum absolute atomic E-state index is 4.48. The molecule has 86 valence electrons. The lowest BCUT2D eigenvalue weighted by atomic mass is 9.98. The Balaban J connectivity index is 2.49. The van der Waals surface area contributed by atoms with Gasteiger partial charge in [0.25, 0.3) is 0 Å². The highest BCUT2D eigenvalue weighted by molar-refractivity contribution is 5.76. The van der Waals surface area contributed by atoms with Crippen LogP contribution in [-0.4, -0.2) is 9.55 Å². The number of imidazole rings is 1. The molecule has 0 aliphatic heterocycles. The summed E-state index contributed by atoms with van der Waals surface area (Å²) in [4.78, 5) is 4.48. The highest BCUT2D eigenvalue weighted by Gasteiger charge is 2.08. The van der Waals surface area contributed by atoms with Gasteiger partial charge in [-0.25, -0.2) is 4.98 Å². The third-order valence-corrected chi connectivity index (χ3v) is 3.34. The lowest BCUT2D eigenvalue weighted by Gasteiger charge is -2.10. The topological polar surface area (TPSA) is 17.8 Å². The molecule has 2 nitrogen and oxygen atoms in total. The van der Waals surface area contributed by atoms with Crippen molar-refractivity contribution in [3.05, 3.63) is 30.1 Å². The summed E-state index contributed by atoms with van der Waals surface area (Å²) in [5, 5.41) is 0. The number of rotatable bonds is 3. The molecular weight excluding hydrogens is 196 g/mol. The van der Waals surface area contributed by atoms with Gasteiger partial charge < -0.3 is 4.57 Å². The summed E-state index contributed by atoms with van der Waals surface area (Å²) in [7, 11) is 0. The van der Waals surface area contributed by atoms with Crippen LogP contribution < -0.4 is 0 Å². The SMILES string of the molecule is CCC(C)c1ccc2c(c1)ncn2C(C)C. The van der Waals surface area contributed by atoms with Crippen LogP contribution >= 0.6 is 0 Å². The van der Waals surface area contributed by atoms with Crippen LogP contribution in [0, 0.1) is 0 Å². The summed E-state index contributed by atoms with van der Waals surface area (Å²) >= 11 is 0. The lowest BCUT2D eigenvalue weighted by molar-refractivity contribution is 0.617. The molecule has 2 aromatic rings. The third-order valence-electron chi connectivity index (χ3n) is 3.34. The van der Waals surface area contributed by atoms with Gasteiger partial charge >= 0.3 is 0 Å². The average Bonchev–Trinajstić information content (AvgIpc) is 2.70. The number of hydrogen-bond acceptors (Lipinski definition) is 1. The van der Waals surface area contributed by atoms with Gasteiger partial charge in [-0.15, -0.1) is 0 Å². The molecule has 1 aromatic carbocycles. The van der Waals surface area contributed by atoms with Gasteiger partial charge in [-0.1, -0.05) is 19.9 Å². The average molecular weight is 216 g/mol. The van der Waals surface area contributed by atoms with Crippen LogP contribution in [0.15, 0.2) is 24.5 Å². The molecule has 0 N–H and O–H groups in total. The molecule has 0 bridgehead atoms. The lowest BCUT2D eigenvalue weighted by Crippen LogP contribution is -1.98. The summed E-state index contributed by atoms with van der Waals surface area (Å²) in [5.74, 6) is 0.619. The molecule has 16 heavy (non-hydrogen) atoms. The number of aromatic nitrogens is 2. The van der Waals surface area contributed by atoms with Crippen molar-refractivity contribution in [1.29, 1.82) is 0 Å². The van der Waals surface area contributed by atoms with E-state index < -0.39 is 0 Å². The summed E-state index contributed by atoms with van der Waals surface area (Å²) in [6, 6.07) is 7.13. The van der Waals surface area contributed by atoms with E-state index in [0.29, 0.717) is 12.0 Å². The van der Waals surface area contributed by atoms with E-state index in [4.69, 9.17) is 0 Å². The van der Waals surface area contributed by atoms with Crippen molar-refractivity contribution in [2.45, 2.75) is 46.1 Å². The standard InChI is InChI=1S/C14H20N2/c1-5-11(4)12-6-7-14-13(8-12)15-9-16(14)10(2)3/h6-11H,5H2,1-4H3. The molecule has 2 rings (SSSR count). The normalized spacial score (nSPS) is 13.6. The van der Waals surface area contributed by atoms with E-state index in [1.54, 1.807) is 0 Å². The van der Waals surface area contributed by atoms with Crippen molar-refractivity contribution < 1.29 is 0 Å². The molecule has 1 unspecified atom stereocenters. The first-order valence-corrected chi connectivity index (χ1v) is 6.10. The first kappa shape index (κ1) is 11.2. The van der Waals surface area contributed by atoms with Crippen LogP contribution in [0.25, 0.3) is 11.0 Å². The van der Waals surface area contributed by atoms with Gasteiger partial charge in [0.1, 0.15) is 0 Å². The van der Waals surface area contributed by atoms with Crippen molar-refractivity contribution >= 4 is 11.0 Å². The molecule has 1 aromatic heterocycles. The first-order valence-electron chi connectivity index (χ1n) is 6.10. The molecular formula is C14H20N2. The van der Waals surface area contributed by atoms with E-state index in [1.165, 1.54) is 17.5 Å². The van der Waals surface area contributed by atoms with E-state index >= 15 is 0 Å². The number of fused-ring (bicyclic) bond motifs is 1. The molecule has 0 saturated carbocycles. The van der Waals surface area contributed by atoms with Crippen LogP contribution in [0.2, 0.25) is 0 Å². The largest absolute Gasteiger partial charge is 0.328 e. The summed E-state index contributed by atoms with van der Waals surface area (Å²) < 4.78 is 2.22. The zero-order chi connectivity index (χ0) is 11.7. The summed E-state index contributed by atoms with van der Waals surface area (Å²) in [6.07, 6.45) is 3.12. The van der Waals surface area contributed by atoms with Crippen molar-refractivity contribution in [2.75, 3.05) is 0 Å². The van der Waals surface area contributed by atoms with Gasteiger partial charge in [0.05, 0.1) is 17.4 Å². The molecule has 0 spiro atoms. The fourth-order valence-corrected chi connectivity index (χ4v) is 2.00. The predicted molar refractivity (Wildman–Crippen MR) is 68.8 cm³/mol. The molecule has 1 heterocycles. The minimum atomic E-state index is 0.472. The fraction of sp³-hybridized carbons (Fsp3) is 0.500. The highest BCUT2D eigenvalue weighted by Crippen LogP contribution is 2.24. The Bertz CT molecular complexity index is 482. The quantitative estimate of drug-likeness (QED) is 0.754. The Morgan fingerprint density at radius 3 is 2.62 bits per heavy atom. The van der Waals surface area contributed by atoms with Gasteiger partial charge in [-0.05, 0) is 43.9 Å². The Hall–Kier alpha value is -1.31. The van der Waals surface area contributed by atoms with E-state index in [0.717, 1.165) is 5.52 Å². The Labute approximate surface area is 97.3 Å². The molecule has 0 amide bonds. The minimum Gasteiger partial charge on any atom is -0.328 e. The van der Waals surface area contributed by atoms with E-state index in [1.807, 2.05) is 6.33 Å². The zero-order valence-electron chi connectivity index (χ0n) is 10.6. The van der Waals surface area contributed by atoms with Gasteiger partial charge in [-0.3, -0.25) is 0 Å². The number of benzene rings is 1. The van der Waals surface area contributed by atoms with Crippen LogP contribution in [0.3, 0.4) is 0 Å². The van der Waals surface area contributed by atoms with Crippen molar-refractivity contribution in [3.63, 3.8) is 0 Å². The van der Waals surface area contributed by atoms with Gasteiger partial charge in [0, 0.05) is 6.04 Å². The molecule has 0 fully saturated rings. The Morgan fingerprint density at radius 1 is 1.25 bits per heavy atom. The zero-order valence-corrected chi connectivity index (χ0v) is 10.6. The predicted octanol–water partition coefficient (Wildman–Crippen LogP) is 4.13. The van der Waals surface area contributed by atoms with Crippen molar-refractivity contribution in [3.8, 4) is 0 Å². The first-order chi connectivity index (χ1) is 7.63. The summed E-state index contributed by atoms with van der Waals surface area (Å²) in [5.41, 5.74) is 3.75. The fourth-order valence-electron chi connectivity index (χ4n) is 2.00. The maximum atomic E-state index is 4.48. The Morgan fingerprint density at radius 2 is 2.00 bits per heavy atom. The van der Waals surface area contributed by atoms with Crippen LogP contribution in [0.4, 0.5) is 0 Å². The molecule has 0 radical (unpaired) electrons. The van der Waals surface area contributed by atoms with E-state index in [9.17, 15) is 0 Å².